The van der Waals surface area contributed by atoms with Gasteiger partial charge in [-0.15, -0.1) is 0 Å². The number of amides is 2. The van der Waals surface area contributed by atoms with Gasteiger partial charge in [0.05, 0.1) is 6.42 Å². The van der Waals surface area contributed by atoms with Crippen molar-refractivity contribution in [1.29, 1.82) is 0 Å². The molecule has 0 saturated carbocycles. The zero-order valence-electron chi connectivity index (χ0n) is 17.9. The van der Waals surface area contributed by atoms with Gasteiger partial charge in [-0.1, -0.05) is 67.8 Å². The molecule has 0 fully saturated rings. The number of benzene rings is 2. The Balaban J connectivity index is 2.29. The van der Waals surface area contributed by atoms with Crippen molar-refractivity contribution >= 4 is 23.4 Å². The minimum atomic E-state index is -0.638. The third-order valence-corrected chi connectivity index (χ3v) is 5.43. The van der Waals surface area contributed by atoms with Crippen LogP contribution >= 0.6 is 11.6 Å². The first kappa shape index (κ1) is 23.9. The number of nitrogens with zero attached hydrogens (tertiary/aromatic N) is 1. The first-order valence-electron chi connectivity index (χ1n) is 10.4. The molecule has 162 valence electrons. The highest BCUT2D eigenvalue weighted by atomic mass is 35.5. The summed E-state index contributed by atoms with van der Waals surface area (Å²) in [6, 6.07) is 11.5. The van der Waals surface area contributed by atoms with Crippen molar-refractivity contribution in [2.75, 3.05) is 6.54 Å². The molecule has 1 atom stereocenters. The Morgan fingerprint density at radius 3 is 2.43 bits per heavy atom. The molecular weight excluding hydrogens is 403 g/mol. The predicted molar refractivity (Wildman–Crippen MR) is 119 cm³/mol. The van der Waals surface area contributed by atoms with Gasteiger partial charge in [0.15, 0.2) is 0 Å². The van der Waals surface area contributed by atoms with Crippen molar-refractivity contribution in [3.8, 4) is 0 Å². The van der Waals surface area contributed by atoms with E-state index in [0.717, 1.165) is 24.0 Å². The minimum Gasteiger partial charge on any atom is -0.354 e. The van der Waals surface area contributed by atoms with Crippen LogP contribution in [0.2, 0.25) is 5.02 Å². The molecule has 0 saturated heterocycles. The predicted octanol–water partition coefficient (Wildman–Crippen LogP) is 5.05. The van der Waals surface area contributed by atoms with Gasteiger partial charge in [-0.05, 0) is 37.5 Å². The van der Waals surface area contributed by atoms with E-state index in [4.69, 9.17) is 11.6 Å². The summed E-state index contributed by atoms with van der Waals surface area (Å²) < 4.78 is 14.3. The molecule has 0 radical (unpaired) electrons. The van der Waals surface area contributed by atoms with Crippen molar-refractivity contribution in [1.82, 2.24) is 10.2 Å². The lowest BCUT2D eigenvalue weighted by molar-refractivity contribution is -0.141. The van der Waals surface area contributed by atoms with Gasteiger partial charge in [-0.25, -0.2) is 4.39 Å². The Bertz CT molecular complexity index is 835. The molecule has 30 heavy (non-hydrogen) atoms. The number of aryl methyl sites for hydroxylation is 1. The van der Waals surface area contributed by atoms with Crippen LogP contribution in [0.4, 0.5) is 4.39 Å². The van der Waals surface area contributed by atoms with Gasteiger partial charge in [0.25, 0.3) is 0 Å². The Hall–Kier alpha value is -2.40. The van der Waals surface area contributed by atoms with Crippen LogP contribution in [0.5, 0.6) is 0 Å². The molecule has 2 aromatic rings. The van der Waals surface area contributed by atoms with E-state index >= 15 is 0 Å². The van der Waals surface area contributed by atoms with E-state index in [9.17, 15) is 14.0 Å². The molecule has 4 nitrogen and oxygen atoms in total. The van der Waals surface area contributed by atoms with Gasteiger partial charge >= 0.3 is 0 Å². The number of halogens is 2. The molecule has 1 N–H and O–H groups in total. The Morgan fingerprint density at radius 1 is 1.13 bits per heavy atom. The molecule has 2 aromatic carbocycles. The van der Waals surface area contributed by atoms with E-state index in [0.29, 0.717) is 13.0 Å². The minimum absolute atomic E-state index is 0.152. The van der Waals surface area contributed by atoms with Gasteiger partial charge in [0.1, 0.15) is 11.9 Å². The number of hydrogen-bond donors (Lipinski definition) is 1. The summed E-state index contributed by atoms with van der Waals surface area (Å²) in [6.07, 6.45) is 2.10. The third-order valence-electron chi connectivity index (χ3n) is 5.08. The fourth-order valence-corrected chi connectivity index (χ4v) is 3.50. The standard InChI is InChI=1S/C24H30ClFN2O2/c1-4-6-14-27-24(30)22(5-2)28(16-18-12-10-17(3)11-13-18)23(29)15-19-20(25)8-7-9-21(19)26/h7-13,22H,4-6,14-16H2,1-3H3,(H,27,30). The Kier molecular flexibility index (Phi) is 9.31. The SMILES string of the molecule is CCCCNC(=O)C(CC)N(Cc1ccc(C)cc1)C(=O)Cc1c(F)cccc1Cl. The molecule has 0 aliphatic heterocycles. The van der Waals surface area contributed by atoms with Gasteiger partial charge in [0.2, 0.25) is 11.8 Å². The first-order chi connectivity index (χ1) is 14.4. The van der Waals surface area contributed by atoms with E-state index < -0.39 is 11.9 Å². The van der Waals surface area contributed by atoms with E-state index in [1.54, 1.807) is 6.07 Å². The van der Waals surface area contributed by atoms with Crippen LogP contribution in [-0.2, 0) is 22.6 Å². The summed E-state index contributed by atoms with van der Waals surface area (Å²) in [6.45, 7) is 6.75. The fraction of sp³-hybridized carbons (Fsp3) is 0.417. The number of rotatable bonds is 10. The van der Waals surface area contributed by atoms with Crippen molar-refractivity contribution < 1.29 is 14.0 Å². The van der Waals surface area contributed by atoms with Crippen LogP contribution < -0.4 is 5.32 Å². The van der Waals surface area contributed by atoms with Crippen molar-refractivity contribution in [2.24, 2.45) is 0 Å². The molecule has 6 heteroatoms. The van der Waals surface area contributed by atoms with Gasteiger partial charge in [-0.2, -0.15) is 0 Å². The van der Waals surface area contributed by atoms with Crippen LogP contribution in [0.1, 0.15) is 49.8 Å². The highest BCUT2D eigenvalue weighted by molar-refractivity contribution is 6.31. The normalized spacial score (nSPS) is 11.8. The van der Waals surface area contributed by atoms with Gasteiger partial charge < -0.3 is 10.2 Å². The number of unbranched alkanes of at least 4 members (excludes halogenated alkanes) is 1. The second-order valence-corrected chi connectivity index (χ2v) is 7.86. The molecule has 2 rings (SSSR count). The number of carbonyl (C=O) groups excluding carboxylic acids is 2. The zero-order valence-corrected chi connectivity index (χ0v) is 18.6. The van der Waals surface area contributed by atoms with Crippen LogP contribution in [0.3, 0.4) is 0 Å². The first-order valence-corrected chi connectivity index (χ1v) is 10.8. The lowest BCUT2D eigenvalue weighted by Gasteiger charge is -2.31. The van der Waals surface area contributed by atoms with Gasteiger partial charge in [-0.3, -0.25) is 9.59 Å². The molecule has 0 bridgehead atoms. The van der Waals surface area contributed by atoms with Crippen LogP contribution in [0, 0.1) is 12.7 Å². The molecule has 0 aliphatic rings. The number of carbonyl (C=O) groups is 2. The number of nitrogens with one attached hydrogen (secondary N) is 1. The Labute approximate surface area is 183 Å². The largest absolute Gasteiger partial charge is 0.354 e. The highest BCUT2D eigenvalue weighted by Gasteiger charge is 2.29. The third kappa shape index (κ3) is 6.56. The Morgan fingerprint density at radius 2 is 1.83 bits per heavy atom. The molecule has 2 amide bonds. The van der Waals surface area contributed by atoms with Crippen LogP contribution in [-0.4, -0.2) is 29.3 Å². The smallest absolute Gasteiger partial charge is 0.242 e. The average molecular weight is 433 g/mol. The quantitative estimate of drug-likeness (QED) is 0.534. The second-order valence-electron chi connectivity index (χ2n) is 7.45. The summed E-state index contributed by atoms with van der Waals surface area (Å²) >= 11 is 6.13. The van der Waals surface area contributed by atoms with Gasteiger partial charge in [0, 0.05) is 23.7 Å². The molecule has 0 aromatic heterocycles. The summed E-state index contributed by atoms with van der Waals surface area (Å²) in [5, 5.41) is 3.13. The van der Waals surface area contributed by atoms with E-state index in [1.807, 2.05) is 38.1 Å². The molecular formula is C24H30ClFN2O2. The fourth-order valence-electron chi connectivity index (χ4n) is 3.27. The maximum atomic E-state index is 14.3. The average Bonchev–Trinajstić information content (AvgIpc) is 2.72. The van der Waals surface area contributed by atoms with Crippen molar-refractivity contribution in [3.63, 3.8) is 0 Å². The van der Waals surface area contributed by atoms with E-state index in [-0.39, 0.29) is 35.4 Å². The number of hydrogen-bond acceptors (Lipinski definition) is 2. The molecule has 1 unspecified atom stereocenters. The lowest BCUT2D eigenvalue weighted by atomic mass is 10.1. The maximum absolute atomic E-state index is 14.3. The topological polar surface area (TPSA) is 49.4 Å². The maximum Gasteiger partial charge on any atom is 0.242 e. The summed E-state index contributed by atoms with van der Waals surface area (Å²) in [7, 11) is 0. The summed E-state index contributed by atoms with van der Waals surface area (Å²) in [5.41, 5.74) is 2.17. The van der Waals surface area contributed by atoms with Crippen molar-refractivity contribution in [2.45, 2.75) is 59.0 Å². The second kappa shape index (κ2) is 11.7. The lowest BCUT2D eigenvalue weighted by Crippen LogP contribution is -2.49. The molecule has 0 heterocycles. The molecule has 0 aliphatic carbocycles. The summed E-state index contributed by atoms with van der Waals surface area (Å²) in [4.78, 5) is 27.6. The monoisotopic (exact) mass is 432 g/mol. The molecule has 0 spiro atoms. The highest BCUT2D eigenvalue weighted by Crippen LogP contribution is 2.22. The van der Waals surface area contributed by atoms with Crippen LogP contribution in [0.15, 0.2) is 42.5 Å². The van der Waals surface area contributed by atoms with E-state index in [1.165, 1.54) is 17.0 Å². The van der Waals surface area contributed by atoms with E-state index in [2.05, 4.69) is 12.2 Å². The van der Waals surface area contributed by atoms with Crippen molar-refractivity contribution in [3.05, 3.63) is 70.0 Å². The van der Waals surface area contributed by atoms with Crippen LogP contribution in [0.25, 0.3) is 0 Å². The zero-order chi connectivity index (χ0) is 22.1. The summed E-state index contributed by atoms with van der Waals surface area (Å²) in [5.74, 6) is -1.04.